The lowest BCUT2D eigenvalue weighted by Gasteiger charge is -2.07. The lowest BCUT2D eigenvalue weighted by Crippen LogP contribution is -2.13. The maximum Gasteiger partial charge on any atom is 0.341 e. The van der Waals surface area contributed by atoms with Crippen molar-refractivity contribution in [2.45, 2.75) is 18.8 Å². The van der Waals surface area contributed by atoms with Gasteiger partial charge in [0.15, 0.2) is 6.61 Å². The second-order valence-electron chi connectivity index (χ2n) is 5.01. The van der Waals surface area contributed by atoms with E-state index in [1.165, 1.54) is 11.3 Å². The number of benzene rings is 1. The van der Waals surface area contributed by atoms with Gasteiger partial charge in [0.2, 0.25) is 0 Å². The Morgan fingerprint density at radius 1 is 1.41 bits per heavy atom. The summed E-state index contributed by atoms with van der Waals surface area (Å²) in [4.78, 5) is 27.0. The lowest BCUT2D eigenvalue weighted by molar-refractivity contribution is -0.139. The van der Waals surface area contributed by atoms with Gasteiger partial charge < -0.3 is 15.2 Å². The first-order valence-electron chi connectivity index (χ1n) is 6.83. The van der Waals surface area contributed by atoms with Crippen molar-refractivity contribution < 1.29 is 19.4 Å². The van der Waals surface area contributed by atoms with Gasteiger partial charge in [-0.2, -0.15) is 0 Å². The van der Waals surface area contributed by atoms with E-state index in [-0.39, 0.29) is 5.91 Å². The molecule has 1 amide bonds. The normalized spacial score (nSPS) is 13.6. The molecular formula is C15H14N2O4S. The molecule has 0 unspecified atom stereocenters. The zero-order valence-electron chi connectivity index (χ0n) is 11.6. The van der Waals surface area contributed by atoms with Crippen molar-refractivity contribution in [3.63, 3.8) is 0 Å². The summed E-state index contributed by atoms with van der Waals surface area (Å²) in [6, 6.07) is 6.60. The van der Waals surface area contributed by atoms with Gasteiger partial charge in [0.1, 0.15) is 11.4 Å². The highest BCUT2D eigenvalue weighted by atomic mass is 32.1. The number of carboxylic acid groups (broad SMARTS) is 1. The number of amides is 1. The Balaban J connectivity index is 1.64. The van der Waals surface area contributed by atoms with E-state index in [1.807, 2.05) is 0 Å². The van der Waals surface area contributed by atoms with Gasteiger partial charge in [-0.3, -0.25) is 4.79 Å². The minimum atomic E-state index is -1.05. The molecule has 0 bridgehead atoms. The van der Waals surface area contributed by atoms with Crippen LogP contribution in [0.4, 0.5) is 5.69 Å². The molecule has 1 heterocycles. The molecule has 0 saturated heterocycles. The van der Waals surface area contributed by atoms with Crippen LogP contribution < -0.4 is 10.1 Å². The molecule has 0 radical (unpaired) electrons. The quantitative estimate of drug-likeness (QED) is 0.855. The van der Waals surface area contributed by atoms with Gasteiger partial charge >= 0.3 is 5.97 Å². The standard InChI is InChI=1S/C15H14N2O4S/c18-13(19)7-21-11-3-1-2-10(6-11)16-14(20)12-8-22-15(17-12)9-4-5-9/h1-3,6,8-9H,4-5,7H2,(H,16,20)(H,18,19). The Morgan fingerprint density at radius 2 is 2.23 bits per heavy atom. The van der Waals surface area contributed by atoms with Crippen molar-refractivity contribution in [3.05, 3.63) is 40.3 Å². The van der Waals surface area contributed by atoms with Gasteiger partial charge in [-0.05, 0) is 25.0 Å². The molecule has 6 nitrogen and oxygen atoms in total. The van der Waals surface area contributed by atoms with Gasteiger partial charge in [0.05, 0.1) is 5.01 Å². The van der Waals surface area contributed by atoms with Crippen molar-refractivity contribution in [3.8, 4) is 5.75 Å². The smallest absolute Gasteiger partial charge is 0.341 e. The van der Waals surface area contributed by atoms with Crippen LogP contribution in [0.25, 0.3) is 0 Å². The highest BCUT2D eigenvalue weighted by Crippen LogP contribution is 2.41. The third-order valence-electron chi connectivity index (χ3n) is 3.14. The summed E-state index contributed by atoms with van der Waals surface area (Å²) in [5.41, 5.74) is 0.942. The van der Waals surface area contributed by atoms with Crippen molar-refractivity contribution in [2.75, 3.05) is 11.9 Å². The maximum atomic E-state index is 12.1. The second-order valence-corrected chi connectivity index (χ2v) is 5.90. The van der Waals surface area contributed by atoms with E-state index < -0.39 is 12.6 Å². The predicted molar refractivity (Wildman–Crippen MR) is 81.6 cm³/mol. The van der Waals surface area contributed by atoms with Gasteiger partial charge in [0, 0.05) is 23.1 Å². The molecule has 1 aliphatic rings. The molecule has 114 valence electrons. The van der Waals surface area contributed by atoms with E-state index >= 15 is 0 Å². The molecule has 1 fully saturated rings. The summed E-state index contributed by atoms with van der Waals surface area (Å²) in [5, 5.41) is 14.1. The van der Waals surface area contributed by atoms with Crippen LogP contribution in [-0.2, 0) is 4.79 Å². The molecule has 7 heteroatoms. The Bertz CT molecular complexity index is 709. The number of nitrogens with one attached hydrogen (secondary N) is 1. The predicted octanol–water partition coefficient (Wildman–Crippen LogP) is 2.74. The van der Waals surface area contributed by atoms with E-state index in [9.17, 15) is 9.59 Å². The maximum absolute atomic E-state index is 12.1. The molecule has 1 aliphatic carbocycles. The van der Waals surface area contributed by atoms with E-state index in [4.69, 9.17) is 9.84 Å². The van der Waals surface area contributed by atoms with Gasteiger partial charge in [0.25, 0.3) is 5.91 Å². The monoisotopic (exact) mass is 318 g/mol. The van der Waals surface area contributed by atoms with Crippen LogP contribution in [-0.4, -0.2) is 28.6 Å². The number of rotatable bonds is 6. The summed E-state index contributed by atoms with van der Waals surface area (Å²) < 4.78 is 5.07. The fourth-order valence-corrected chi connectivity index (χ4v) is 2.88. The molecule has 22 heavy (non-hydrogen) atoms. The van der Waals surface area contributed by atoms with Crippen LogP contribution in [0.15, 0.2) is 29.6 Å². The molecule has 0 spiro atoms. The van der Waals surface area contributed by atoms with E-state index in [0.29, 0.717) is 23.0 Å². The van der Waals surface area contributed by atoms with Crippen molar-refractivity contribution in [1.82, 2.24) is 4.98 Å². The van der Waals surface area contributed by atoms with Crippen LogP contribution in [0.5, 0.6) is 5.75 Å². The topological polar surface area (TPSA) is 88.5 Å². The van der Waals surface area contributed by atoms with Crippen LogP contribution >= 0.6 is 11.3 Å². The Hall–Kier alpha value is -2.41. The molecule has 2 N–H and O–H groups in total. The molecule has 1 saturated carbocycles. The number of aromatic nitrogens is 1. The number of carboxylic acids is 1. The van der Waals surface area contributed by atoms with Crippen LogP contribution in [0.2, 0.25) is 0 Å². The number of hydrogen-bond donors (Lipinski definition) is 2. The third-order valence-corrected chi connectivity index (χ3v) is 4.14. The number of anilines is 1. The fraction of sp³-hybridized carbons (Fsp3) is 0.267. The first-order valence-corrected chi connectivity index (χ1v) is 7.71. The molecule has 0 aliphatic heterocycles. The van der Waals surface area contributed by atoms with Crippen molar-refractivity contribution >= 4 is 28.9 Å². The zero-order valence-corrected chi connectivity index (χ0v) is 12.4. The van der Waals surface area contributed by atoms with E-state index in [2.05, 4.69) is 10.3 Å². The number of aliphatic carboxylic acids is 1. The minimum absolute atomic E-state index is 0.279. The first kappa shape index (κ1) is 14.5. The van der Waals surface area contributed by atoms with E-state index in [1.54, 1.807) is 29.6 Å². The summed E-state index contributed by atoms with van der Waals surface area (Å²) in [6.45, 7) is -0.422. The number of ether oxygens (including phenoxy) is 1. The molecular weight excluding hydrogens is 304 g/mol. The Labute approximate surface area is 130 Å². The van der Waals surface area contributed by atoms with E-state index in [0.717, 1.165) is 17.8 Å². The number of nitrogens with zero attached hydrogens (tertiary/aromatic N) is 1. The lowest BCUT2D eigenvalue weighted by atomic mass is 10.3. The van der Waals surface area contributed by atoms with Gasteiger partial charge in [-0.25, -0.2) is 9.78 Å². The molecule has 2 aromatic rings. The van der Waals surface area contributed by atoms with Crippen LogP contribution in [0.1, 0.15) is 34.3 Å². The summed E-state index contributed by atoms with van der Waals surface area (Å²) in [6.07, 6.45) is 2.30. The van der Waals surface area contributed by atoms with Crippen molar-refractivity contribution in [1.29, 1.82) is 0 Å². The average molecular weight is 318 g/mol. The summed E-state index contributed by atoms with van der Waals surface area (Å²) in [5.74, 6) is -0.417. The number of carbonyl (C=O) groups excluding carboxylic acids is 1. The second kappa shape index (κ2) is 6.15. The number of hydrogen-bond acceptors (Lipinski definition) is 5. The van der Waals surface area contributed by atoms with Crippen molar-refractivity contribution in [2.24, 2.45) is 0 Å². The average Bonchev–Trinajstić information content (AvgIpc) is 3.22. The van der Waals surface area contributed by atoms with Gasteiger partial charge in [-0.1, -0.05) is 6.07 Å². The number of carbonyl (C=O) groups is 2. The van der Waals surface area contributed by atoms with Gasteiger partial charge in [-0.15, -0.1) is 11.3 Å². The Kier molecular flexibility index (Phi) is 4.06. The van der Waals surface area contributed by atoms with Crippen LogP contribution in [0.3, 0.4) is 0 Å². The molecule has 1 aromatic heterocycles. The Morgan fingerprint density at radius 3 is 2.95 bits per heavy atom. The highest BCUT2D eigenvalue weighted by molar-refractivity contribution is 7.10. The minimum Gasteiger partial charge on any atom is -0.482 e. The fourth-order valence-electron chi connectivity index (χ4n) is 1.91. The summed E-state index contributed by atoms with van der Waals surface area (Å²) >= 11 is 1.51. The number of thiazole rings is 1. The highest BCUT2D eigenvalue weighted by Gasteiger charge is 2.27. The first-order chi connectivity index (χ1) is 10.6. The molecule has 3 rings (SSSR count). The third kappa shape index (κ3) is 3.62. The zero-order chi connectivity index (χ0) is 15.5. The largest absolute Gasteiger partial charge is 0.482 e. The SMILES string of the molecule is O=C(O)COc1cccc(NC(=O)c2csc(C3CC3)n2)c1. The molecule has 0 atom stereocenters. The van der Waals surface area contributed by atoms with Crippen LogP contribution in [0, 0.1) is 0 Å². The summed E-state index contributed by atoms with van der Waals surface area (Å²) in [7, 11) is 0. The molecule has 1 aromatic carbocycles.